The molecule has 1 spiro atoms. The fourth-order valence-electron chi connectivity index (χ4n) is 7.92. The Morgan fingerprint density at radius 2 is 2.14 bits per heavy atom. The van der Waals surface area contributed by atoms with Crippen molar-refractivity contribution in [3.63, 3.8) is 0 Å². The molecule has 4 aliphatic rings. The van der Waals surface area contributed by atoms with E-state index in [0.717, 1.165) is 16.7 Å². The van der Waals surface area contributed by atoms with Crippen LogP contribution in [0.5, 0.6) is 11.5 Å². The minimum atomic E-state index is -1.26. The number of aromatic hydroxyl groups is 1. The van der Waals surface area contributed by atoms with Gasteiger partial charge >= 0.3 is 0 Å². The van der Waals surface area contributed by atoms with Gasteiger partial charge in [0.05, 0.1) is 23.2 Å². The molecule has 7 nitrogen and oxygen atoms in total. The zero-order valence-electron chi connectivity index (χ0n) is 21.6. The number of piperidine rings is 1. The van der Waals surface area contributed by atoms with E-state index in [1.165, 1.54) is 5.56 Å². The molecule has 1 saturated heterocycles. The van der Waals surface area contributed by atoms with Crippen LogP contribution in [0.4, 0.5) is 0 Å². The van der Waals surface area contributed by atoms with Crippen molar-refractivity contribution in [3.8, 4) is 11.5 Å². The molecular formula is C30H36N2O5. The number of carbonyl (C=O) groups is 1. The van der Waals surface area contributed by atoms with Gasteiger partial charge in [0.25, 0.3) is 0 Å². The van der Waals surface area contributed by atoms with E-state index >= 15 is 0 Å². The first kappa shape index (κ1) is 24.5. The number of carbonyl (C=O) groups excluding carboxylic acids is 1. The number of likely N-dealkylation sites (tertiary alicyclic amines) is 1. The molecule has 2 aliphatic carbocycles. The van der Waals surface area contributed by atoms with Gasteiger partial charge < -0.3 is 25.0 Å². The van der Waals surface area contributed by atoms with E-state index in [1.54, 1.807) is 24.1 Å². The molecule has 2 aromatic carbocycles. The van der Waals surface area contributed by atoms with Crippen LogP contribution in [0.1, 0.15) is 41.5 Å². The molecule has 2 heterocycles. The summed E-state index contributed by atoms with van der Waals surface area (Å²) in [6.45, 7) is 6.86. The summed E-state index contributed by atoms with van der Waals surface area (Å²) < 4.78 is 6.50. The fraction of sp³-hybridized carbons (Fsp3) is 0.500. The molecular weight excluding hydrogens is 468 g/mol. The summed E-state index contributed by atoms with van der Waals surface area (Å²) in [7, 11) is 1.80. The topological polar surface area (TPSA) is 93.5 Å². The van der Waals surface area contributed by atoms with Gasteiger partial charge in [-0.15, -0.1) is 6.58 Å². The molecule has 2 bridgehead atoms. The lowest BCUT2D eigenvalue weighted by Crippen LogP contribution is -2.82. The van der Waals surface area contributed by atoms with Gasteiger partial charge in [0.15, 0.2) is 11.5 Å². The molecule has 196 valence electrons. The van der Waals surface area contributed by atoms with Gasteiger partial charge in [-0.1, -0.05) is 42.0 Å². The molecule has 37 heavy (non-hydrogen) atoms. The number of aliphatic hydroxyl groups is 2. The van der Waals surface area contributed by atoms with Crippen LogP contribution in [-0.2, 0) is 23.1 Å². The summed E-state index contributed by atoms with van der Waals surface area (Å²) in [6, 6.07) is 11.2. The van der Waals surface area contributed by atoms with Crippen LogP contribution in [0.3, 0.4) is 0 Å². The summed E-state index contributed by atoms with van der Waals surface area (Å²) in [4.78, 5) is 17.3. The van der Waals surface area contributed by atoms with E-state index < -0.39 is 23.2 Å². The molecule has 1 saturated carbocycles. The highest BCUT2D eigenvalue weighted by Crippen LogP contribution is 2.65. The minimum Gasteiger partial charge on any atom is -0.504 e. The van der Waals surface area contributed by atoms with Crippen LogP contribution in [0, 0.1) is 6.92 Å². The van der Waals surface area contributed by atoms with Gasteiger partial charge in [-0.3, -0.25) is 9.69 Å². The maximum Gasteiger partial charge on any atom is 0.223 e. The lowest BCUT2D eigenvalue weighted by Gasteiger charge is -2.66. The summed E-state index contributed by atoms with van der Waals surface area (Å²) in [5.41, 5.74) is 1.62. The quantitative estimate of drug-likeness (QED) is 0.524. The number of rotatable bonds is 6. The van der Waals surface area contributed by atoms with E-state index in [2.05, 4.69) is 17.5 Å². The summed E-state index contributed by atoms with van der Waals surface area (Å²) in [5.74, 6) is 0.364. The number of hydrogen-bond donors (Lipinski definition) is 3. The normalized spacial score (nSPS) is 33.4. The third kappa shape index (κ3) is 3.27. The Morgan fingerprint density at radius 1 is 1.32 bits per heavy atom. The van der Waals surface area contributed by atoms with Crippen molar-refractivity contribution in [2.75, 3.05) is 20.1 Å². The lowest BCUT2D eigenvalue weighted by molar-refractivity contribution is -0.234. The number of hydrogen-bond acceptors (Lipinski definition) is 6. The van der Waals surface area contributed by atoms with Crippen molar-refractivity contribution in [1.82, 2.24) is 9.80 Å². The molecule has 2 fully saturated rings. The molecule has 1 amide bonds. The Labute approximate surface area is 218 Å². The Kier molecular flexibility index (Phi) is 5.67. The van der Waals surface area contributed by atoms with E-state index in [1.807, 2.05) is 31.2 Å². The number of phenolic OH excluding ortho intramolecular Hbond substituents is 1. The van der Waals surface area contributed by atoms with Crippen LogP contribution in [0.25, 0.3) is 0 Å². The highest BCUT2D eigenvalue weighted by molar-refractivity contribution is 5.77. The zero-order chi connectivity index (χ0) is 26.1. The van der Waals surface area contributed by atoms with Crippen LogP contribution >= 0.6 is 0 Å². The number of benzene rings is 2. The predicted molar refractivity (Wildman–Crippen MR) is 140 cm³/mol. The van der Waals surface area contributed by atoms with Gasteiger partial charge in [-0.2, -0.15) is 0 Å². The first-order valence-corrected chi connectivity index (χ1v) is 13.3. The number of amides is 1. The van der Waals surface area contributed by atoms with E-state index in [-0.39, 0.29) is 23.7 Å². The first-order valence-electron chi connectivity index (χ1n) is 13.3. The predicted octanol–water partition coefficient (Wildman–Crippen LogP) is 2.47. The molecule has 0 aromatic heterocycles. The summed E-state index contributed by atoms with van der Waals surface area (Å²) in [5, 5.41) is 35.1. The maximum atomic E-state index is 13.4. The molecule has 2 aliphatic heterocycles. The van der Waals surface area contributed by atoms with Crippen molar-refractivity contribution in [1.29, 1.82) is 0 Å². The fourth-order valence-corrected chi connectivity index (χ4v) is 7.92. The van der Waals surface area contributed by atoms with Crippen molar-refractivity contribution >= 4 is 5.91 Å². The van der Waals surface area contributed by atoms with Gasteiger partial charge in [-0.05, 0) is 49.8 Å². The van der Waals surface area contributed by atoms with Gasteiger partial charge in [0, 0.05) is 38.2 Å². The zero-order valence-corrected chi connectivity index (χ0v) is 21.6. The van der Waals surface area contributed by atoms with E-state index in [9.17, 15) is 20.1 Å². The second-order valence-corrected chi connectivity index (χ2v) is 11.4. The second-order valence-electron chi connectivity index (χ2n) is 11.4. The average molecular weight is 505 g/mol. The van der Waals surface area contributed by atoms with Gasteiger partial charge in [0.1, 0.15) is 6.10 Å². The SMILES string of the molecule is C=CCN1CC(O)[C@]23c4c5ccc(O)c4OC2C(N(C)C(=O)CCc2cccc(C)c2)CC[C@@]3(O)[C@H]1C5. The van der Waals surface area contributed by atoms with E-state index in [0.29, 0.717) is 50.9 Å². The Morgan fingerprint density at radius 3 is 2.89 bits per heavy atom. The van der Waals surface area contributed by atoms with Crippen LogP contribution < -0.4 is 4.74 Å². The first-order chi connectivity index (χ1) is 17.7. The van der Waals surface area contributed by atoms with Crippen molar-refractivity contribution < 1.29 is 24.9 Å². The molecule has 7 heteroatoms. The monoisotopic (exact) mass is 504 g/mol. The highest BCUT2D eigenvalue weighted by atomic mass is 16.5. The van der Waals surface area contributed by atoms with E-state index in [4.69, 9.17) is 4.74 Å². The Bertz CT molecular complexity index is 1260. The Balaban J connectivity index is 1.37. The Hall–Kier alpha value is -2.87. The molecule has 2 aromatic rings. The lowest BCUT2D eigenvalue weighted by atomic mass is 9.47. The maximum absolute atomic E-state index is 13.4. The van der Waals surface area contributed by atoms with Gasteiger partial charge in [0.2, 0.25) is 5.91 Å². The smallest absolute Gasteiger partial charge is 0.223 e. The number of nitrogens with zero attached hydrogens (tertiary/aromatic N) is 2. The second kappa shape index (κ2) is 8.58. The van der Waals surface area contributed by atoms with Crippen molar-refractivity contribution in [3.05, 3.63) is 71.3 Å². The summed E-state index contributed by atoms with van der Waals surface area (Å²) >= 11 is 0. The molecule has 3 N–H and O–H groups in total. The van der Waals surface area contributed by atoms with Crippen molar-refractivity contribution in [2.45, 2.75) is 74.3 Å². The molecule has 3 unspecified atom stereocenters. The minimum absolute atomic E-state index is 0.00305. The number of likely N-dealkylation sites (N-methyl/N-ethyl adjacent to an activating group) is 1. The highest BCUT2D eigenvalue weighted by Gasteiger charge is 2.76. The molecule has 0 radical (unpaired) electrons. The van der Waals surface area contributed by atoms with Crippen LogP contribution in [-0.4, -0.2) is 81.1 Å². The molecule has 6 rings (SSSR count). The van der Waals surface area contributed by atoms with Crippen LogP contribution in [0.2, 0.25) is 0 Å². The van der Waals surface area contributed by atoms with Gasteiger partial charge in [-0.25, -0.2) is 0 Å². The summed E-state index contributed by atoms with van der Waals surface area (Å²) in [6.07, 6.45) is 2.80. The third-order valence-corrected chi connectivity index (χ3v) is 9.52. The average Bonchev–Trinajstić information content (AvgIpc) is 3.24. The number of β-amino-alcohol motifs (C(OH)–C–C–N with tert-alkyl or cyclic N) is 1. The number of phenols is 1. The number of aliphatic hydroxyl groups excluding tert-OH is 1. The van der Waals surface area contributed by atoms with Crippen molar-refractivity contribution in [2.24, 2.45) is 0 Å². The molecule has 6 atom stereocenters. The standard InChI is InChI=1S/C30H36N2O5/c1-4-14-32-17-24(34)30-26-20-9-10-22(33)27(26)37-28(30)21(12-13-29(30,36)23(32)16-20)31(3)25(35)11-8-19-7-5-6-18(2)15-19/h4-7,9-10,15,21,23-24,28,33-34,36H,1,8,11-14,16-17H2,2-3H3/t21?,23-,24?,28?,29-,30+/m1/s1. The van der Waals surface area contributed by atoms with Crippen LogP contribution in [0.15, 0.2) is 49.1 Å². The third-order valence-electron chi connectivity index (χ3n) is 9.52. The number of aryl methyl sites for hydroxylation is 2. The largest absolute Gasteiger partial charge is 0.504 e. The number of ether oxygens (including phenoxy) is 1.